The van der Waals surface area contributed by atoms with E-state index in [1.807, 2.05) is 0 Å². The lowest BCUT2D eigenvalue weighted by Gasteiger charge is -2.33. The molecule has 5 unspecified atom stereocenters. The first-order chi connectivity index (χ1) is 6.71. The van der Waals surface area contributed by atoms with Crippen molar-refractivity contribution >= 4 is 0 Å². The fourth-order valence-corrected chi connectivity index (χ4v) is 5.33. The van der Waals surface area contributed by atoms with E-state index in [2.05, 4.69) is 18.9 Å². The standard InChI is InChI=1S/C13H21N/c1-8-12-10(7-14(8)2)9-5-11(12)13(6-9)3-4-13/h8-12H,3-7H2,1-2H3. The third-order valence-electron chi connectivity index (χ3n) is 6.22. The Morgan fingerprint density at radius 1 is 1.29 bits per heavy atom. The molecule has 14 heavy (non-hydrogen) atoms. The summed E-state index contributed by atoms with van der Waals surface area (Å²) in [5, 5.41) is 0. The molecule has 3 aliphatic carbocycles. The summed E-state index contributed by atoms with van der Waals surface area (Å²) in [6, 6.07) is 0.882. The maximum Gasteiger partial charge on any atom is 0.00983 e. The molecule has 1 heteroatoms. The van der Waals surface area contributed by atoms with Crippen LogP contribution in [0.5, 0.6) is 0 Å². The zero-order valence-electron chi connectivity index (χ0n) is 9.37. The Kier molecular flexibility index (Phi) is 1.29. The predicted octanol–water partition coefficient (Wildman–Crippen LogP) is 2.37. The number of likely N-dealkylation sites (tertiary alicyclic amines) is 1. The molecule has 0 aromatic carbocycles. The van der Waals surface area contributed by atoms with Crippen LogP contribution in [0.15, 0.2) is 0 Å². The van der Waals surface area contributed by atoms with Gasteiger partial charge >= 0.3 is 0 Å². The predicted molar refractivity (Wildman–Crippen MR) is 57.0 cm³/mol. The minimum Gasteiger partial charge on any atom is -0.303 e. The van der Waals surface area contributed by atoms with Gasteiger partial charge < -0.3 is 4.90 Å². The molecule has 0 radical (unpaired) electrons. The SMILES string of the molecule is CC1C2C(CN1C)C1CC2C2(CC2)C1. The van der Waals surface area contributed by atoms with Crippen LogP contribution in [0, 0.1) is 29.1 Å². The van der Waals surface area contributed by atoms with Crippen LogP contribution < -0.4 is 0 Å². The van der Waals surface area contributed by atoms with E-state index < -0.39 is 0 Å². The van der Waals surface area contributed by atoms with E-state index in [0.29, 0.717) is 0 Å². The Morgan fingerprint density at radius 3 is 2.79 bits per heavy atom. The molecule has 4 fully saturated rings. The van der Waals surface area contributed by atoms with Crippen LogP contribution in [0.3, 0.4) is 0 Å². The number of hydrogen-bond donors (Lipinski definition) is 0. The van der Waals surface area contributed by atoms with Gasteiger partial charge in [0.1, 0.15) is 0 Å². The average molecular weight is 191 g/mol. The summed E-state index contributed by atoms with van der Waals surface area (Å²) in [5.41, 5.74) is 0.894. The second-order valence-electron chi connectivity index (χ2n) is 6.59. The van der Waals surface area contributed by atoms with Crippen LogP contribution >= 0.6 is 0 Å². The highest BCUT2D eigenvalue weighted by atomic mass is 15.2. The smallest absolute Gasteiger partial charge is 0.00983 e. The number of nitrogens with zero attached hydrogens (tertiary/aromatic N) is 1. The Labute approximate surface area is 86.9 Å². The third kappa shape index (κ3) is 0.743. The number of fused-ring (bicyclic) bond motifs is 6. The zero-order valence-corrected chi connectivity index (χ0v) is 9.37. The molecule has 0 aromatic heterocycles. The maximum atomic E-state index is 2.62. The summed E-state index contributed by atoms with van der Waals surface area (Å²) in [6.07, 6.45) is 6.37. The largest absolute Gasteiger partial charge is 0.303 e. The third-order valence-corrected chi connectivity index (χ3v) is 6.22. The molecule has 1 spiro atoms. The van der Waals surface area contributed by atoms with Crippen molar-refractivity contribution in [2.75, 3.05) is 13.6 Å². The molecule has 3 saturated carbocycles. The lowest BCUT2D eigenvalue weighted by Crippen LogP contribution is -2.33. The molecule has 5 atom stereocenters. The molecule has 1 nitrogen and oxygen atoms in total. The van der Waals surface area contributed by atoms with E-state index in [9.17, 15) is 0 Å². The topological polar surface area (TPSA) is 3.24 Å². The Balaban J connectivity index is 1.72. The van der Waals surface area contributed by atoms with E-state index in [1.54, 1.807) is 25.7 Å². The molecular weight excluding hydrogens is 170 g/mol. The highest BCUT2D eigenvalue weighted by Crippen LogP contribution is 2.73. The maximum absolute atomic E-state index is 2.62. The van der Waals surface area contributed by atoms with Crippen molar-refractivity contribution in [3.8, 4) is 0 Å². The van der Waals surface area contributed by atoms with Gasteiger partial charge in [-0.15, -0.1) is 0 Å². The molecule has 0 aromatic rings. The number of rotatable bonds is 0. The van der Waals surface area contributed by atoms with Crippen LogP contribution in [-0.4, -0.2) is 24.5 Å². The van der Waals surface area contributed by atoms with Gasteiger partial charge in [0.05, 0.1) is 0 Å². The van der Waals surface area contributed by atoms with Crippen molar-refractivity contribution in [1.29, 1.82) is 0 Å². The first-order valence-corrected chi connectivity index (χ1v) is 6.41. The first-order valence-electron chi connectivity index (χ1n) is 6.41. The van der Waals surface area contributed by atoms with Gasteiger partial charge in [0.2, 0.25) is 0 Å². The van der Waals surface area contributed by atoms with Gasteiger partial charge in [-0.2, -0.15) is 0 Å². The highest BCUT2D eigenvalue weighted by Gasteiger charge is 2.67. The number of hydrogen-bond acceptors (Lipinski definition) is 1. The normalized spacial score (nSPS) is 58.3. The van der Waals surface area contributed by atoms with E-state index >= 15 is 0 Å². The van der Waals surface area contributed by atoms with E-state index in [-0.39, 0.29) is 0 Å². The molecule has 1 aliphatic heterocycles. The summed E-state index contributed by atoms with van der Waals surface area (Å²) in [7, 11) is 2.34. The van der Waals surface area contributed by atoms with Crippen molar-refractivity contribution in [2.24, 2.45) is 29.1 Å². The van der Waals surface area contributed by atoms with Gasteiger partial charge in [-0.3, -0.25) is 0 Å². The van der Waals surface area contributed by atoms with Crippen molar-refractivity contribution in [2.45, 2.75) is 38.6 Å². The Morgan fingerprint density at radius 2 is 2.07 bits per heavy atom. The van der Waals surface area contributed by atoms with Crippen LogP contribution in [0.25, 0.3) is 0 Å². The zero-order chi connectivity index (χ0) is 9.50. The van der Waals surface area contributed by atoms with Gasteiger partial charge in [-0.05, 0) is 68.7 Å². The van der Waals surface area contributed by atoms with Gasteiger partial charge in [-0.25, -0.2) is 0 Å². The lowest BCUT2D eigenvalue weighted by atomic mass is 9.71. The van der Waals surface area contributed by atoms with Gasteiger partial charge in [-0.1, -0.05) is 0 Å². The molecular formula is C13H21N. The molecule has 0 amide bonds. The Hall–Kier alpha value is -0.0400. The molecule has 1 saturated heterocycles. The van der Waals surface area contributed by atoms with Gasteiger partial charge in [0.25, 0.3) is 0 Å². The molecule has 2 bridgehead atoms. The van der Waals surface area contributed by atoms with Crippen LogP contribution in [0.4, 0.5) is 0 Å². The second-order valence-corrected chi connectivity index (χ2v) is 6.59. The quantitative estimate of drug-likeness (QED) is 0.568. The summed E-state index contributed by atoms with van der Waals surface area (Å²) in [6.45, 7) is 3.88. The van der Waals surface area contributed by atoms with Crippen molar-refractivity contribution in [3.05, 3.63) is 0 Å². The van der Waals surface area contributed by atoms with E-state index in [4.69, 9.17) is 0 Å². The van der Waals surface area contributed by atoms with E-state index in [0.717, 1.165) is 35.1 Å². The molecule has 4 rings (SSSR count). The molecule has 4 aliphatic rings. The fraction of sp³-hybridized carbons (Fsp3) is 1.00. The first kappa shape index (κ1) is 8.15. The Bertz CT molecular complexity index is 281. The summed E-state index contributed by atoms with van der Waals surface area (Å²) >= 11 is 0. The van der Waals surface area contributed by atoms with E-state index in [1.165, 1.54) is 6.54 Å². The monoisotopic (exact) mass is 191 g/mol. The van der Waals surface area contributed by atoms with Gasteiger partial charge in [0.15, 0.2) is 0 Å². The van der Waals surface area contributed by atoms with Crippen LogP contribution in [-0.2, 0) is 0 Å². The lowest BCUT2D eigenvalue weighted by molar-refractivity contribution is 0.158. The van der Waals surface area contributed by atoms with Crippen molar-refractivity contribution in [1.82, 2.24) is 4.90 Å². The second kappa shape index (κ2) is 2.21. The minimum atomic E-state index is 0.882. The highest BCUT2D eigenvalue weighted by molar-refractivity contribution is 5.17. The molecule has 0 N–H and O–H groups in total. The molecule has 78 valence electrons. The van der Waals surface area contributed by atoms with Crippen molar-refractivity contribution < 1.29 is 0 Å². The fourth-order valence-electron chi connectivity index (χ4n) is 5.33. The minimum absolute atomic E-state index is 0.882. The van der Waals surface area contributed by atoms with Crippen LogP contribution in [0.1, 0.15) is 32.6 Å². The molecule has 1 heterocycles. The van der Waals surface area contributed by atoms with Gasteiger partial charge in [0, 0.05) is 12.6 Å². The van der Waals surface area contributed by atoms with Crippen molar-refractivity contribution in [3.63, 3.8) is 0 Å². The van der Waals surface area contributed by atoms with Crippen LogP contribution in [0.2, 0.25) is 0 Å². The average Bonchev–Trinajstić information content (AvgIpc) is 2.54. The summed E-state index contributed by atoms with van der Waals surface area (Å²) in [4.78, 5) is 2.62. The summed E-state index contributed by atoms with van der Waals surface area (Å²) < 4.78 is 0. The summed E-state index contributed by atoms with van der Waals surface area (Å²) in [5.74, 6) is 4.44.